The third kappa shape index (κ3) is 4.20. The van der Waals surface area contributed by atoms with Crippen LogP contribution in [-0.2, 0) is 11.3 Å². The minimum atomic E-state index is -0.380. The molecule has 1 amide bonds. The molecule has 1 N–H and O–H groups in total. The van der Waals surface area contributed by atoms with Crippen LogP contribution in [0.3, 0.4) is 0 Å². The molecule has 0 saturated heterocycles. The molecule has 2 aromatic rings. The fraction of sp³-hybridized carbons (Fsp3) is 0.0833. The van der Waals surface area contributed by atoms with E-state index in [1.54, 1.807) is 18.2 Å². The van der Waals surface area contributed by atoms with E-state index < -0.39 is 0 Å². The maximum atomic E-state index is 11.8. The van der Waals surface area contributed by atoms with Gasteiger partial charge >= 0.3 is 0 Å². The molecular formula is C12H8BrCl3N4O. The maximum Gasteiger partial charge on any atom is 0.260 e. The van der Waals surface area contributed by atoms with Crippen LogP contribution in [0.4, 0.5) is 0 Å². The highest BCUT2D eigenvalue weighted by Gasteiger charge is 2.14. The van der Waals surface area contributed by atoms with Gasteiger partial charge in [-0.15, -0.1) is 0 Å². The Morgan fingerprint density at radius 3 is 2.71 bits per heavy atom. The molecule has 110 valence electrons. The number of hydrogen-bond acceptors (Lipinski definition) is 3. The largest absolute Gasteiger partial charge is 0.299 e. The van der Waals surface area contributed by atoms with E-state index in [0.717, 1.165) is 0 Å². The first-order chi connectivity index (χ1) is 9.99. The quantitative estimate of drug-likeness (QED) is 0.616. The van der Waals surface area contributed by atoms with E-state index in [-0.39, 0.29) is 22.8 Å². The minimum absolute atomic E-state index is 0.0704. The van der Waals surface area contributed by atoms with Gasteiger partial charge in [-0.1, -0.05) is 53.0 Å². The molecule has 1 aromatic carbocycles. The van der Waals surface area contributed by atoms with Crippen LogP contribution in [0.2, 0.25) is 15.3 Å². The van der Waals surface area contributed by atoms with Crippen LogP contribution in [0.1, 0.15) is 5.56 Å². The topological polar surface area (TPSA) is 59.3 Å². The average molecular weight is 410 g/mol. The highest BCUT2D eigenvalue weighted by Crippen LogP contribution is 2.25. The third-order valence-electron chi connectivity index (χ3n) is 2.42. The number of rotatable bonds is 4. The molecule has 0 fully saturated rings. The molecule has 0 aliphatic carbocycles. The Balaban J connectivity index is 1.98. The number of amides is 1. The van der Waals surface area contributed by atoms with Crippen LogP contribution in [0.5, 0.6) is 0 Å². The number of nitrogens with zero attached hydrogens (tertiary/aromatic N) is 3. The predicted molar refractivity (Wildman–Crippen MR) is 87.1 cm³/mol. The number of halogens is 4. The van der Waals surface area contributed by atoms with Crippen LogP contribution in [-0.4, -0.2) is 21.7 Å². The van der Waals surface area contributed by atoms with E-state index >= 15 is 0 Å². The summed E-state index contributed by atoms with van der Waals surface area (Å²) in [7, 11) is 0. The zero-order chi connectivity index (χ0) is 15.4. The molecule has 2 rings (SSSR count). The van der Waals surface area contributed by atoms with Crippen LogP contribution in [0.15, 0.2) is 34.1 Å². The standard InChI is InChI=1S/C12H8BrCl3N4O/c13-12-18-10(15)11(16)20(12)6-9(21)19-17-5-7-3-1-2-4-8(7)14/h1-5H,6H2,(H,19,21)/b17-5+. The summed E-state index contributed by atoms with van der Waals surface area (Å²) in [5.41, 5.74) is 3.07. The second-order valence-corrected chi connectivity index (χ2v) is 5.70. The summed E-state index contributed by atoms with van der Waals surface area (Å²) in [5, 5.41) is 4.67. The van der Waals surface area contributed by atoms with Gasteiger partial charge in [0.05, 0.1) is 6.21 Å². The molecule has 21 heavy (non-hydrogen) atoms. The third-order valence-corrected chi connectivity index (χ3v) is 4.11. The van der Waals surface area contributed by atoms with Gasteiger partial charge in [-0.25, -0.2) is 10.4 Å². The first kappa shape index (κ1) is 16.3. The van der Waals surface area contributed by atoms with Crippen LogP contribution < -0.4 is 5.43 Å². The number of benzene rings is 1. The Kier molecular flexibility index (Phi) is 5.64. The lowest BCUT2D eigenvalue weighted by Crippen LogP contribution is -2.23. The number of imidazole rings is 1. The molecule has 0 radical (unpaired) electrons. The van der Waals surface area contributed by atoms with E-state index in [0.29, 0.717) is 15.3 Å². The van der Waals surface area contributed by atoms with Crippen LogP contribution in [0, 0.1) is 0 Å². The van der Waals surface area contributed by atoms with Crippen molar-refractivity contribution < 1.29 is 4.79 Å². The number of nitrogens with one attached hydrogen (secondary N) is 1. The molecule has 0 atom stereocenters. The predicted octanol–water partition coefficient (Wildman–Crippen LogP) is 3.76. The normalized spacial score (nSPS) is 11.0. The Bertz CT molecular complexity index is 702. The van der Waals surface area contributed by atoms with Crippen LogP contribution in [0.25, 0.3) is 0 Å². The number of hydrogen-bond donors (Lipinski definition) is 1. The Labute approximate surface area is 144 Å². The summed E-state index contributed by atoms with van der Waals surface area (Å²) < 4.78 is 1.77. The monoisotopic (exact) mass is 408 g/mol. The summed E-state index contributed by atoms with van der Waals surface area (Å²) in [6.07, 6.45) is 1.46. The zero-order valence-electron chi connectivity index (χ0n) is 10.4. The van der Waals surface area contributed by atoms with Crippen molar-refractivity contribution in [2.45, 2.75) is 6.54 Å². The van der Waals surface area contributed by atoms with E-state index in [1.165, 1.54) is 10.8 Å². The number of aromatic nitrogens is 2. The fourth-order valence-electron chi connectivity index (χ4n) is 1.45. The number of carbonyl (C=O) groups is 1. The van der Waals surface area contributed by atoms with E-state index in [2.05, 4.69) is 31.4 Å². The van der Waals surface area contributed by atoms with Gasteiger partial charge in [-0.05, 0) is 22.0 Å². The van der Waals surface area contributed by atoms with Crippen molar-refractivity contribution >= 4 is 62.9 Å². The van der Waals surface area contributed by atoms with Gasteiger partial charge in [-0.2, -0.15) is 5.10 Å². The maximum absolute atomic E-state index is 11.8. The van der Waals surface area contributed by atoms with E-state index in [4.69, 9.17) is 34.8 Å². The lowest BCUT2D eigenvalue weighted by molar-refractivity contribution is -0.121. The second kappa shape index (κ2) is 7.26. The Morgan fingerprint density at radius 2 is 2.10 bits per heavy atom. The highest BCUT2D eigenvalue weighted by molar-refractivity contribution is 9.10. The molecular weight excluding hydrogens is 402 g/mol. The van der Waals surface area contributed by atoms with E-state index in [9.17, 15) is 4.79 Å². The van der Waals surface area contributed by atoms with Crippen molar-refractivity contribution in [3.8, 4) is 0 Å². The van der Waals surface area contributed by atoms with Crippen LogP contribution >= 0.6 is 50.7 Å². The first-order valence-corrected chi connectivity index (χ1v) is 7.55. The van der Waals surface area contributed by atoms with Crippen molar-refractivity contribution in [3.05, 3.63) is 49.9 Å². The van der Waals surface area contributed by atoms with Crippen molar-refractivity contribution in [1.29, 1.82) is 0 Å². The summed E-state index contributed by atoms with van der Waals surface area (Å²) in [5.74, 6) is -0.380. The second-order valence-electron chi connectivity index (χ2n) is 3.86. The van der Waals surface area contributed by atoms with Crippen molar-refractivity contribution in [2.75, 3.05) is 0 Å². The first-order valence-electron chi connectivity index (χ1n) is 5.62. The number of carbonyl (C=O) groups excluding carboxylic acids is 1. The molecule has 0 saturated carbocycles. The van der Waals surface area contributed by atoms with Gasteiger partial charge in [-0.3, -0.25) is 9.36 Å². The average Bonchev–Trinajstić information content (AvgIpc) is 2.68. The number of hydrazone groups is 1. The van der Waals surface area contributed by atoms with Gasteiger partial charge in [0.2, 0.25) is 0 Å². The highest BCUT2D eigenvalue weighted by atomic mass is 79.9. The molecule has 0 bridgehead atoms. The van der Waals surface area contributed by atoms with Gasteiger partial charge in [0, 0.05) is 10.6 Å². The molecule has 1 heterocycles. The van der Waals surface area contributed by atoms with Crippen molar-refractivity contribution in [2.24, 2.45) is 5.10 Å². The zero-order valence-corrected chi connectivity index (χ0v) is 14.2. The fourth-order valence-corrected chi connectivity index (χ4v) is 2.68. The molecule has 0 aliphatic heterocycles. The summed E-state index contributed by atoms with van der Waals surface area (Å²) in [6.45, 7) is -0.0704. The summed E-state index contributed by atoms with van der Waals surface area (Å²) in [4.78, 5) is 15.7. The molecule has 1 aromatic heterocycles. The molecule has 5 nitrogen and oxygen atoms in total. The summed E-state index contributed by atoms with van der Waals surface area (Å²) in [6, 6.07) is 7.14. The minimum Gasteiger partial charge on any atom is -0.299 e. The van der Waals surface area contributed by atoms with Gasteiger partial charge < -0.3 is 0 Å². The van der Waals surface area contributed by atoms with Crippen molar-refractivity contribution in [1.82, 2.24) is 15.0 Å². The lowest BCUT2D eigenvalue weighted by Gasteiger charge is -2.04. The molecule has 0 unspecified atom stereocenters. The SMILES string of the molecule is O=C(Cn1c(Br)nc(Cl)c1Cl)N/N=C/c1ccccc1Cl. The molecule has 0 aliphatic rings. The van der Waals surface area contributed by atoms with Gasteiger partial charge in [0.1, 0.15) is 11.7 Å². The Hall–Kier alpha value is -1.08. The molecule has 0 spiro atoms. The summed E-state index contributed by atoms with van der Waals surface area (Å²) >= 11 is 20.8. The smallest absolute Gasteiger partial charge is 0.260 e. The van der Waals surface area contributed by atoms with Gasteiger partial charge in [0.15, 0.2) is 9.89 Å². The van der Waals surface area contributed by atoms with E-state index in [1.807, 2.05) is 6.07 Å². The Morgan fingerprint density at radius 1 is 1.38 bits per heavy atom. The molecule has 9 heteroatoms. The lowest BCUT2D eigenvalue weighted by atomic mass is 10.2. The van der Waals surface area contributed by atoms with Crippen molar-refractivity contribution in [3.63, 3.8) is 0 Å². The van der Waals surface area contributed by atoms with Gasteiger partial charge in [0.25, 0.3) is 5.91 Å².